The van der Waals surface area contributed by atoms with Crippen molar-refractivity contribution in [1.29, 1.82) is 0 Å². The summed E-state index contributed by atoms with van der Waals surface area (Å²) in [4.78, 5) is 29.4. The minimum atomic E-state index is -1.00. The first kappa shape index (κ1) is 26.4. The number of hydrogen-bond donors (Lipinski definition) is 3. The maximum atomic E-state index is 12.8. The molecule has 2 aromatic heterocycles. The Morgan fingerprint density at radius 3 is 2.68 bits per heavy atom. The quantitative estimate of drug-likeness (QED) is 0.300. The van der Waals surface area contributed by atoms with Crippen LogP contribution in [0.25, 0.3) is 5.69 Å². The van der Waals surface area contributed by atoms with Crippen LogP contribution >= 0.6 is 0 Å². The molecule has 8 nitrogen and oxygen atoms in total. The third-order valence-electron chi connectivity index (χ3n) is 6.84. The minimum absolute atomic E-state index is 0.386. The van der Waals surface area contributed by atoms with E-state index in [-0.39, 0.29) is 5.91 Å². The zero-order chi connectivity index (χ0) is 26.2. The smallest absolute Gasteiger partial charge is 0.326 e. The number of nitrogens with one attached hydrogen (secondary N) is 2. The number of hydrogen-bond acceptors (Lipinski definition) is 5. The van der Waals surface area contributed by atoms with Crippen LogP contribution < -0.4 is 10.6 Å². The first-order chi connectivity index (χ1) is 17.9. The molecule has 1 aliphatic rings. The zero-order valence-electron chi connectivity index (χ0n) is 21.8. The Balaban J connectivity index is 1.19. The van der Waals surface area contributed by atoms with E-state index in [4.69, 9.17) is 4.98 Å². The van der Waals surface area contributed by atoms with Gasteiger partial charge in [-0.2, -0.15) is 5.10 Å². The molecule has 0 saturated carbocycles. The fourth-order valence-corrected chi connectivity index (χ4v) is 4.86. The number of carbonyl (C=O) groups is 2. The molecule has 3 heterocycles. The van der Waals surface area contributed by atoms with Crippen LogP contribution in [0.4, 0.5) is 5.82 Å². The van der Waals surface area contributed by atoms with E-state index in [1.807, 2.05) is 26.0 Å². The highest BCUT2D eigenvalue weighted by Crippen LogP contribution is 2.21. The molecule has 3 N–H and O–H groups in total. The van der Waals surface area contributed by atoms with Gasteiger partial charge in [0, 0.05) is 23.5 Å². The second-order valence-electron chi connectivity index (χ2n) is 9.90. The van der Waals surface area contributed by atoms with Crippen LogP contribution in [0.15, 0.2) is 42.5 Å². The van der Waals surface area contributed by atoms with E-state index in [0.717, 1.165) is 80.1 Å². The molecule has 4 rings (SSSR count). The molecule has 3 aromatic rings. The molecule has 1 amide bonds. The number of pyridine rings is 1. The lowest BCUT2D eigenvalue weighted by Gasteiger charge is -2.17. The summed E-state index contributed by atoms with van der Waals surface area (Å²) >= 11 is 0. The number of carboxylic acid groups (broad SMARTS) is 1. The molecule has 1 aliphatic heterocycles. The van der Waals surface area contributed by atoms with Crippen molar-refractivity contribution < 1.29 is 14.7 Å². The number of carboxylic acids is 1. The van der Waals surface area contributed by atoms with Crippen molar-refractivity contribution in [3.8, 4) is 5.69 Å². The Hall–Kier alpha value is -3.68. The lowest BCUT2D eigenvalue weighted by atomic mass is 10.0. The van der Waals surface area contributed by atoms with Crippen LogP contribution in [0.1, 0.15) is 77.9 Å². The van der Waals surface area contributed by atoms with Crippen molar-refractivity contribution >= 4 is 17.7 Å². The average Bonchev–Trinajstić information content (AvgIpc) is 3.24. The zero-order valence-corrected chi connectivity index (χ0v) is 21.8. The largest absolute Gasteiger partial charge is 0.480 e. The molecule has 0 bridgehead atoms. The number of aromatic nitrogens is 3. The van der Waals surface area contributed by atoms with Crippen molar-refractivity contribution in [1.82, 2.24) is 20.1 Å². The number of fused-ring (bicyclic) bond motifs is 1. The topological polar surface area (TPSA) is 109 Å². The first-order valence-electron chi connectivity index (χ1n) is 13.3. The molecule has 0 radical (unpaired) electrons. The highest BCUT2D eigenvalue weighted by molar-refractivity contribution is 5.97. The second kappa shape index (κ2) is 12.5. The van der Waals surface area contributed by atoms with Gasteiger partial charge in [-0.15, -0.1) is 0 Å². The Labute approximate surface area is 218 Å². The van der Waals surface area contributed by atoms with Crippen molar-refractivity contribution in [2.24, 2.45) is 0 Å². The van der Waals surface area contributed by atoms with Gasteiger partial charge in [-0.25, -0.2) is 14.5 Å². The molecule has 1 atom stereocenters. The maximum Gasteiger partial charge on any atom is 0.326 e. The number of benzene rings is 1. The predicted molar refractivity (Wildman–Crippen MR) is 144 cm³/mol. The summed E-state index contributed by atoms with van der Waals surface area (Å²) in [7, 11) is 0. The summed E-state index contributed by atoms with van der Waals surface area (Å²) in [6.45, 7) is 4.87. The van der Waals surface area contributed by atoms with Gasteiger partial charge in [0.25, 0.3) is 5.91 Å². The molecular weight excluding hydrogens is 466 g/mol. The van der Waals surface area contributed by atoms with E-state index in [0.29, 0.717) is 12.0 Å². The normalized spacial score (nSPS) is 13.5. The molecule has 0 fully saturated rings. The van der Waals surface area contributed by atoms with Crippen LogP contribution in [-0.4, -0.2) is 44.3 Å². The Morgan fingerprint density at radius 2 is 1.89 bits per heavy atom. The van der Waals surface area contributed by atoms with E-state index in [1.165, 1.54) is 12.0 Å². The lowest BCUT2D eigenvalue weighted by Crippen LogP contribution is -2.40. The SMILES string of the molecule is Cc1cc(C)n(-c2cccc(C(=O)NC(CCCCCCCc3ccc4c(n3)NCCC4)C(=O)O)c2)n1. The number of carbonyl (C=O) groups excluding carboxylic acids is 1. The summed E-state index contributed by atoms with van der Waals surface area (Å²) in [6.07, 6.45) is 8.51. The molecule has 1 unspecified atom stereocenters. The first-order valence-corrected chi connectivity index (χ1v) is 13.3. The fraction of sp³-hybridized carbons (Fsp3) is 0.448. The van der Waals surface area contributed by atoms with E-state index in [1.54, 1.807) is 22.9 Å². The standard InChI is InChI=1S/C29H37N5O3/c1-20-18-21(2)34(33-20)25-13-8-10-23(19-25)28(35)32-26(29(36)37)14-7-5-3-4-6-12-24-16-15-22-11-9-17-30-27(22)31-24/h8,10,13,15-16,18-19,26H,3-7,9,11-12,14,17H2,1-2H3,(H,30,31)(H,32,35)(H,36,37). The predicted octanol–water partition coefficient (Wildman–Crippen LogP) is 5.01. The number of unbranched alkanes of at least 4 members (excludes halogenated alkanes) is 4. The fourth-order valence-electron chi connectivity index (χ4n) is 4.86. The Morgan fingerprint density at radius 1 is 1.08 bits per heavy atom. The van der Waals surface area contributed by atoms with E-state index in [9.17, 15) is 14.7 Å². The third kappa shape index (κ3) is 7.18. The van der Waals surface area contributed by atoms with Gasteiger partial charge in [0.2, 0.25) is 0 Å². The Kier molecular flexibility index (Phi) is 8.93. The number of aliphatic carboxylic acids is 1. The summed E-state index contributed by atoms with van der Waals surface area (Å²) in [5, 5.41) is 20.2. The second-order valence-corrected chi connectivity index (χ2v) is 9.90. The summed E-state index contributed by atoms with van der Waals surface area (Å²) in [5.41, 5.74) is 5.49. The number of nitrogens with zero attached hydrogens (tertiary/aromatic N) is 3. The van der Waals surface area contributed by atoms with Gasteiger partial charge >= 0.3 is 5.97 Å². The maximum absolute atomic E-state index is 12.8. The number of rotatable bonds is 12. The van der Waals surface area contributed by atoms with Gasteiger partial charge in [0.15, 0.2) is 0 Å². The van der Waals surface area contributed by atoms with Gasteiger partial charge in [-0.3, -0.25) is 4.79 Å². The molecule has 8 heteroatoms. The Bertz CT molecular complexity index is 1240. The van der Waals surface area contributed by atoms with Gasteiger partial charge in [-0.1, -0.05) is 37.8 Å². The summed E-state index contributed by atoms with van der Waals surface area (Å²) in [6, 6.07) is 12.5. The van der Waals surface area contributed by atoms with Crippen molar-refractivity contribution in [3.63, 3.8) is 0 Å². The number of anilines is 1. The van der Waals surface area contributed by atoms with Crippen molar-refractivity contribution in [2.45, 2.75) is 77.7 Å². The van der Waals surface area contributed by atoms with Gasteiger partial charge in [0.05, 0.1) is 11.4 Å². The van der Waals surface area contributed by atoms with Crippen LogP contribution in [-0.2, 0) is 17.6 Å². The molecule has 1 aromatic carbocycles. The highest BCUT2D eigenvalue weighted by atomic mass is 16.4. The molecule has 196 valence electrons. The van der Waals surface area contributed by atoms with E-state index in [2.05, 4.69) is 27.9 Å². The average molecular weight is 504 g/mol. The monoisotopic (exact) mass is 503 g/mol. The molecule has 0 aliphatic carbocycles. The van der Waals surface area contributed by atoms with Crippen molar-refractivity contribution in [3.05, 3.63) is 70.7 Å². The molecular formula is C29H37N5O3. The third-order valence-corrected chi connectivity index (χ3v) is 6.84. The summed E-state index contributed by atoms with van der Waals surface area (Å²) in [5.74, 6) is -0.346. The van der Waals surface area contributed by atoms with Crippen LogP contribution in [0.5, 0.6) is 0 Å². The van der Waals surface area contributed by atoms with Crippen LogP contribution in [0.3, 0.4) is 0 Å². The van der Waals surface area contributed by atoms with Gasteiger partial charge in [0.1, 0.15) is 11.9 Å². The van der Waals surface area contributed by atoms with E-state index < -0.39 is 12.0 Å². The van der Waals surface area contributed by atoms with Crippen LogP contribution in [0, 0.1) is 13.8 Å². The number of aryl methyl sites for hydroxylation is 4. The van der Waals surface area contributed by atoms with Gasteiger partial charge in [-0.05, 0) is 81.8 Å². The van der Waals surface area contributed by atoms with Crippen molar-refractivity contribution in [2.75, 3.05) is 11.9 Å². The highest BCUT2D eigenvalue weighted by Gasteiger charge is 2.20. The molecule has 37 heavy (non-hydrogen) atoms. The van der Waals surface area contributed by atoms with E-state index >= 15 is 0 Å². The lowest BCUT2D eigenvalue weighted by molar-refractivity contribution is -0.139. The van der Waals surface area contributed by atoms with Gasteiger partial charge < -0.3 is 15.7 Å². The summed E-state index contributed by atoms with van der Waals surface area (Å²) < 4.78 is 1.78. The number of amides is 1. The molecule has 0 saturated heterocycles. The van der Waals surface area contributed by atoms with Crippen LogP contribution in [0.2, 0.25) is 0 Å². The molecule has 0 spiro atoms. The minimum Gasteiger partial charge on any atom is -0.480 e.